The number of hydrogen-bond acceptors (Lipinski definition) is 2. The summed E-state index contributed by atoms with van der Waals surface area (Å²) in [5.41, 5.74) is 3.34. The number of fused-ring (bicyclic) bond motifs is 1. The van der Waals surface area contributed by atoms with Gasteiger partial charge in [0.1, 0.15) is 0 Å². The van der Waals surface area contributed by atoms with Crippen LogP contribution < -0.4 is 5.32 Å². The highest BCUT2D eigenvalue weighted by atomic mass is 35.5. The number of H-pyrrole nitrogens is 1. The van der Waals surface area contributed by atoms with Crippen LogP contribution in [0.5, 0.6) is 0 Å². The van der Waals surface area contributed by atoms with Gasteiger partial charge < -0.3 is 15.2 Å². The van der Waals surface area contributed by atoms with Gasteiger partial charge in [0.2, 0.25) is 5.91 Å². The Kier molecular flexibility index (Phi) is 7.31. The first-order valence-corrected chi connectivity index (χ1v) is 11.8. The molecule has 2 aromatic carbocycles. The van der Waals surface area contributed by atoms with E-state index < -0.39 is 0 Å². The molecule has 4 nitrogen and oxygen atoms in total. The number of piperidine rings is 1. The topological polar surface area (TPSA) is 48.1 Å². The Morgan fingerprint density at radius 2 is 2.00 bits per heavy atom. The zero-order valence-corrected chi connectivity index (χ0v) is 19.0. The van der Waals surface area contributed by atoms with Gasteiger partial charge in [-0.15, -0.1) is 0 Å². The maximum absolute atomic E-state index is 12.9. The Labute approximate surface area is 190 Å². The van der Waals surface area contributed by atoms with Gasteiger partial charge in [-0.3, -0.25) is 4.79 Å². The van der Waals surface area contributed by atoms with E-state index >= 15 is 0 Å². The van der Waals surface area contributed by atoms with Crippen LogP contribution in [0.3, 0.4) is 0 Å². The Hall–Kier alpha value is -2.30. The largest absolute Gasteiger partial charge is 0.361 e. The highest BCUT2D eigenvalue weighted by Gasteiger charge is 2.22. The summed E-state index contributed by atoms with van der Waals surface area (Å²) < 4.78 is 0. The molecule has 0 radical (unpaired) electrons. The normalized spacial score (nSPS) is 18.2. The van der Waals surface area contributed by atoms with Gasteiger partial charge in [-0.2, -0.15) is 0 Å². The number of benzene rings is 2. The Morgan fingerprint density at radius 1 is 1.19 bits per heavy atom. The van der Waals surface area contributed by atoms with E-state index in [9.17, 15) is 4.79 Å². The summed E-state index contributed by atoms with van der Waals surface area (Å²) in [6, 6.07) is 16.8. The Bertz CT molecular complexity index is 997. The summed E-state index contributed by atoms with van der Waals surface area (Å²) in [4.78, 5) is 18.8. The van der Waals surface area contributed by atoms with Gasteiger partial charge >= 0.3 is 0 Å². The highest BCUT2D eigenvalue weighted by molar-refractivity contribution is 6.30. The van der Waals surface area contributed by atoms with E-state index in [4.69, 9.17) is 11.6 Å². The summed E-state index contributed by atoms with van der Waals surface area (Å²) >= 11 is 6.11. The highest BCUT2D eigenvalue weighted by Crippen LogP contribution is 2.34. The van der Waals surface area contributed by atoms with Crippen LogP contribution in [0.25, 0.3) is 10.9 Å². The maximum Gasteiger partial charge on any atom is 0.220 e. The van der Waals surface area contributed by atoms with Gasteiger partial charge in [-0.1, -0.05) is 48.4 Å². The lowest BCUT2D eigenvalue weighted by molar-refractivity contribution is -0.121. The molecule has 0 spiro atoms. The number of carbonyl (C=O) groups is 1. The molecule has 1 amide bonds. The van der Waals surface area contributed by atoms with Crippen molar-refractivity contribution in [1.82, 2.24) is 15.2 Å². The molecule has 0 aliphatic carbocycles. The third-order valence-corrected chi connectivity index (χ3v) is 6.80. The lowest BCUT2D eigenvalue weighted by atomic mass is 9.88. The number of hydrogen-bond donors (Lipinski definition) is 2. The molecule has 2 heterocycles. The molecule has 1 aromatic heterocycles. The number of aromatic nitrogens is 1. The van der Waals surface area contributed by atoms with Gasteiger partial charge in [0.15, 0.2) is 0 Å². The van der Waals surface area contributed by atoms with Gasteiger partial charge in [-0.25, -0.2) is 0 Å². The Balaban J connectivity index is 1.41. The maximum atomic E-state index is 12.9. The van der Waals surface area contributed by atoms with Crippen LogP contribution in [0.1, 0.15) is 56.1 Å². The number of carbonyl (C=O) groups excluding carboxylic acids is 1. The van der Waals surface area contributed by atoms with Crippen molar-refractivity contribution >= 4 is 28.4 Å². The van der Waals surface area contributed by atoms with Crippen molar-refractivity contribution < 1.29 is 4.79 Å². The van der Waals surface area contributed by atoms with Crippen LogP contribution in [0, 0.1) is 0 Å². The third kappa shape index (κ3) is 5.50. The molecular formula is C26H32ClN3O. The number of nitrogens with one attached hydrogen (secondary N) is 2. The van der Waals surface area contributed by atoms with Gasteiger partial charge in [-0.05, 0) is 62.1 Å². The molecule has 0 saturated carbocycles. The number of para-hydroxylation sites is 1. The van der Waals surface area contributed by atoms with Crippen molar-refractivity contribution in [3.05, 3.63) is 70.9 Å². The lowest BCUT2D eigenvalue weighted by Crippen LogP contribution is -2.39. The molecular weight excluding hydrogens is 406 g/mol. The second-order valence-electron chi connectivity index (χ2n) is 8.68. The second-order valence-corrected chi connectivity index (χ2v) is 9.12. The van der Waals surface area contributed by atoms with E-state index in [1.807, 2.05) is 42.6 Å². The smallest absolute Gasteiger partial charge is 0.220 e. The number of rotatable bonds is 8. The molecule has 164 valence electrons. The quantitative estimate of drug-likeness (QED) is 0.442. The molecule has 1 saturated heterocycles. The van der Waals surface area contributed by atoms with Crippen LogP contribution in [-0.2, 0) is 4.79 Å². The first-order valence-electron chi connectivity index (χ1n) is 11.4. The number of aromatic amines is 1. The monoisotopic (exact) mass is 437 g/mol. The predicted molar refractivity (Wildman–Crippen MR) is 129 cm³/mol. The predicted octanol–water partition coefficient (Wildman–Crippen LogP) is 5.72. The molecule has 4 rings (SSSR count). The summed E-state index contributed by atoms with van der Waals surface area (Å²) in [5, 5.41) is 5.02. The van der Waals surface area contributed by atoms with Crippen molar-refractivity contribution in [3.63, 3.8) is 0 Å². The van der Waals surface area contributed by atoms with Crippen molar-refractivity contribution in [2.75, 3.05) is 19.6 Å². The summed E-state index contributed by atoms with van der Waals surface area (Å²) in [5.74, 6) is 0.0763. The molecule has 5 heteroatoms. The molecule has 3 aromatic rings. The minimum Gasteiger partial charge on any atom is -0.361 e. The van der Waals surface area contributed by atoms with Crippen molar-refractivity contribution in [2.24, 2.45) is 0 Å². The van der Waals surface area contributed by atoms with E-state index in [1.165, 1.54) is 25.8 Å². The molecule has 2 unspecified atom stereocenters. The van der Waals surface area contributed by atoms with Crippen molar-refractivity contribution in [3.8, 4) is 0 Å². The van der Waals surface area contributed by atoms with Gasteiger partial charge in [0.25, 0.3) is 0 Å². The molecule has 1 aliphatic rings. The SMILES string of the molecule is CC1CCCCN1CCCNC(=O)CC(c1ccc(Cl)cc1)c1c[nH]c2ccccc12. The second kappa shape index (κ2) is 10.3. The summed E-state index contributed by atoms with van der Waals surface area (Å²) in [6.07, 6.45) is 7.38. The molecule has 31 heavy (non-hydrogen) atoms. The Morgan fingerprint density at radius 3 is 2.81 bits per heavy atom. The fraction of sp³-hybridized carbons (Fsp3) is 0.423. The average Bonchev–Trinajstić information content (AvgIpc) is 3.21. The number of amides is 1. The van der Waals surface area contributed by atoms with E-state index in [-0.39, 0.29) is 11.8 Å². The van der Waals surface area contributed by atoms with Crippen LogP contribution in [0.2, 0.25) is 5.02 Å². The third-order valence-electron chi connectivity index (χ3n) is 6.54. The van der Waals surface area contributed by atoms with Crippen LogP contribution in [0.15, 0.2) is 54.7 Å². The average molecular weight is 438 g/mol. The van der Waals surface area contributed by atoms with E-state index in [1.54, 1.807) is 0 Å². The van der Waals surface area contributed by atoms with Crippen LogP contribution in [-0.4, -0.2) is 41.5 Å². The van der Waals surface area contributed by atoms with Crippen LogP contribution >= 0.6 is 11.6 Å². The molecule has 2 atom stereocenters. The molecule has 1 fully saturated rings. The number of nitrogens with zero attached hydrogens (tertiary/aromatic N) is 1. The first-order chi connectivity index (χ1) is 15.1. The number of halogens is 1. The van der Waals surface area contributed by atoms with E-state index in [2.05, 4.69) is 34.3 Å². The van der Waals surface area contributed by atoms with Crippen LogP contribution in [0.4, 0.5) is 0 Å². The van der Waals surface area contributed by atoms with Gasteiger partial charge in [0, 0.05) is 53.6 Å². The molecule has 2 N–H and O–H groups in total. The summed E-state index contributed by atoms with van der Waals surface area (Å²) in [6.45, 7) is 5.29. The standard InChI is InChI=1S/C26H32ClN3O/c1-19-7-4-5-15-30(19)16-6-14-28-26(31)17-23(20-10-12-21(27)13-11-20)24-18-29-25-9-3-2-8-22(24)25/h2-3,8-13,18-19,23,29H,4-7,14-17H2,1H3,(H,28,31). The minimum absolute atomic E-state index is 0.0180. The lowest BCUT2D eigenvalue weighted by Gasteiger charge is -2.33. The van der Waals surface area contributed by atoms with Crippen molar-refractivity contribution in [1.29, 1.82) is 0 Å². The van der Waals surface area contributed by atoms with E-state index in [0.29, 0.717) is 17.5 Å². The summed E-state index contributed by atoms with van der Waals surface area (Å²) in [7, 11) is 0. The van der Waals surface area contributed by atoms with E-state index in [0.717, 1.165) is 41.5 Å². The number of likely N-dealkylation sites (tertiary alicyclic amines) is 1. The zero-order chi connectivity index (χ0) is 21.6. The zero-order valence-electron chi connectivity index (χ0n) is 18.2. The minimum atomic E-state index is -0.0180. The first kappa shape index (κ1) is 21.9. The molecule has 1 aliphatic heterocycles. The van der Waals surface area contributed by atoms with Gasteiger partial charge in [0.05, 0.1) is 0 Å². The molecule has 0 bridgehead atoms. The van der Waals surface area contributed by atoms with Crippen molar-refractivity contribution in [2.45, 2.75) is 51.0 Å². The fourth-order valence-corrected chi connectivity index (χ4v) is 4.87. The fourth-order valence-electron chi connectivity index (χ4n) is 4.74.